The molecule has 2 amide bonds. The molecule has 1 aliphatic rings. The second-order valence-electron chi connectivity index (χ2n) is 7.12. The molecule has 1 aromatic carbocycles. The second-order valence-corrected chi connectivity index (χ2v) is 7.12. The van der Waals surface area contributed by atoms with Gasteiger partial charge in [-0.1, -0.05) is 43.7 Å². The summed E-state index contributed by atoms with van der Waals surface area (Å²) in [5.41, 5.74) is 2.40. The predicted octanol–water partition coefficient (Wildman–Crippen LogP) is 2.72. The van der Waals surface area contributed by atoms with Crippen molar-refractivity contribution >= 4 is 11.8 Å². The number of carbonyl (C=O) groups is 2. The monoisotopic (exact) mass is 359 g/mol. The maximum atomic E-state index is 12.9. The second kappa shape index (κ2) is 9.72. The van der Waals surface area contributed by atoms with Gasteiger partial charge in [0.25, 0.3) is 0 Å². The average Bonchev–Trinajstić information content (AvgIpc) is 2.64. The van der Waals surface area contributed by atoms with E-state index in [1.165, 1.54) is 11.1 Å². The lowest BCUT2D eigenvalue weighted by atomic mass is 10.0. The van der Waals surface area contributed by atoms with Crippen molar-refractivity contribution < 1.29 is 9.59 Å². The van der Waals surface area contributed by atoms with E-state index in [0.29, 0.717) is 19.6 Å². The molecule has 0 bridgehead atoms. The van der Waals surface area contributed by atoms with Crippen molar-refractivity contribution in [3.8, 4) is 0 Å². The standard InChI is InChI=1S/C21H33N3O2/c1-5-18(6-2)24(7-3)20(25)14-19-21(26)22-12-13-23(19)15-17-10-8-16(4)9-11-17/h8-11,18-19H,5-7,12-15H2,1-4H3,(H,22,26). The first kappa shape index (κ1) is 20.4. The molecule has 1 aromatic rings. The highest BCUT2D eigenvalue weighted by molar-refractivity contribution is 5.89. The van der Waals surface area contributed by atoms with E-state index < -0.39 is 0 Å². The minimum absolute atomic E-state index is 0.0303. The van der Waals surface area contributed by atoms with Crippen LogP contribution in [-0.2, 0) is 16.1 Å². The van der Waals surface area contributed by atoms with Crippen molar-refractivity contribution in [2.24, 2.45) is 0 Å². The third kappa shape index (κ3) is 5.07. The van der Waals surface area contributed by atoms with Gasteiger partial charge in [-0.05, 0) is 32.3 Å². The molecule has 0 aromatic heterocycles. The molecule has 2 rings (SSSR count). The van der Waals surface area contributed by atoms with Crippen LogP contribution < -0.4 is 5.32 Å². The van der Waals surface area contributed by atoms with Crippen LogP contribution in [0.1, 0.15) is 51.2 Å². The van der Waals surface area contributed by atoms with Gasteiger partial charge in [0.15, 0.2) is 0 Å². The lowest BCUT2D eigenvalue weighted by molar-refractivity contribution is -0.140. The number of hydrogen-bond acceptors (Lipinski definition) is 3. The Hall–Kier alpha value is -1.88. The lowest BCUT2D eigenvalue weighted by Crippen LogP contribution is -2.56. The molecule has 0 saturated carbocycles. The van der Waals surface area contributed by atoms with Crippen LogP contribution in [0, 0.1) is 6.92 Å². The van der Waals surface area contributed by atoms with Crippen molar-refractivity contribution in [3.63, 3.8) is 0 Å². The topological polar surface area (TPSA) is 52.7 Å². The van der Waals surface area contributed by atoms with Crippen molar-refractivity contribution in [3.05, 3.63) is 35.4 Å². The molecule has 5 nitrogen and oxygen atoms in total. The summed E-state index contributed by atoms with van der Waals surface area (Å²) >= 11 is 0. The molecule has 0 aliphatic carbocycles. The molecule has 1 N–H and O–H groups in total. The Morgan fingerprint density at radius 1 is 1.23 bits per heavy atom. The summed E-state index contributed by atoms with van der Waals surface area (Å²) in [5, 5.41) is 2.93. The highest BCUT2D eigenvalue weighted by Crippen LogP contribution is 2.17. The van der Waals surface area contributed by atoms with Gasteiger partial charge >= 0.3 is 0 Å². The molecular weight excluding hydrogens is 326 g/mol. The van der Waals surface area contributed by atoms with Gasteiger partial charge in [-0.15, -0.1) is 0 Å². The number of hydrogen-bond donors (Lipinski definition) is 1. The Labute approximate surface area is 157 Å². The van der Waals surface area contributed by atoms with E-state index in [1.807, 2.05) is 11.8 Å². The van der Waals surface area contributed by atoms with Gasteiger partial charge in [0.2, 0.25) is 11.8 Å². The Bertz CT molecular complexity index is 596. The molecule has 1 fully saturated rings. The molecule has 5 heteroatoms. The largest absolute Gasteiger partial charge is 0.353 e. The average molecular weight is 360 g/mol. The van der Waals surface area contributed by atoms with Crippen LogP contribution in [0.2, 0.25) is 0 Å². The summed E-state index contributed by atoms with van der Waals surface area (Å²) < 4.78 is 0. The number of rotatable bonds is 8. The van der Waals surface area contributed by atoms with Gasteiger partial charge in [0.05, 0.1) is 12.5 Å². The summed E-state index contributed by atoms with van der Waals surface area (Å²) in [6.45, 7) is 11.1. The fourth-order valence-electron chi connectivity index (χ4n) is 3.75. The van der Waals surface area contributed by atoms with E-state index in [9.17, 15) is 9.59 Å². The summed E-state index contributed by atoms with van der Waals surface area (Å²) in [5.74, 6) is 0.0504. The zero-order valence-corrected chi connectivity index (χ0v) is 16.6. The van der Waals surface area contributed by atoms with Gasteiger partial charge in [-0.3, -0.25) is 14.5 Å². The number of aryl methyl sites for hydroxylation is 1. The van der Waals surface area contributed by atoms with E-state index in [2.05, 4.69) is 55.3 Å². The minimum atomic E-state index is -0.388. The van der Waals surface area contributed by atoms with Crippen LogP contribution in [0.25, 0.3) is 0 Å². The first-order valence-corrected chi connectivity index (χ1v) is 9.86. The maximum Gasteiger partial charge on any atom is 0.237 e. The fraction of sp³-hybridized carbons (Fsp3) is 0.619. The van der Waals surface area contributed by atoms with Crippen molar-refractivity contribution in [2.45, 2.75) is 65.6 Å². The number of nitrogens with one attached hydrogen (secondary N) is 1. The van der Waals surface area contributed by atoms with Crippen molar-refractivity contribution in [2.75, 3.05) is 19.6 Å². The summed E-state index contributed by atoms with van der Waals surface area (Å²) in [6, 6.07) is 8.24. The van der Waals surface area contributed by atoms with E-state index in [1.54, 1.807) is 0 Å². The van der Waals surface area contributed by atoms with Gasteiger partial charge < -0.3 is 10.2 Å². The van der Waals surface area contributed by atoms with Crippen LogP contribution in [0.3, 0.4) is 0 Å². The van der Waals surface area contributed by atoms with Gasteiger partial charge in [-0.25, -0.2) is 0 Å². The van der Waals surface area contributed by atoms with Crippen LogP contribution in [0.4, 0.5) is 0 Å². The Balaban J connectivity index is 2.10. The van der Waals surface area contributed by atoms with Crippen LogP contribution in [0.15, 0.2) is 24.3 Å². The molecule has 26 heavy (non-hydrogen) atoms. The van der Waals surface area contributed by atoms with Crippen molar-refractivity contribution in [1.29, 1.82) is 0 Å². The Morgan fingerprint density at radius 2 is 1.88 bits per heavy atom. The van der Waals surface area contributed by atoms with E-state index in [0.717, 1.165) is 19.4 Å². The quantitative estimate of drug-likeness (QED) is 0.776. The molecule has 1 atom stereocenters. The number of nitrogens with zero attached hydrogens (tertiary/aromatic N) is 2. The first-order valence-electron chi connectivity index (χ1n) is 9.86. The molecule has 1 saturated heterocycles. The molecule has 1 aliphatic heterocycles. The highest BCUT2D eigenvalue weighted by atomic mass is 16.2. The van der Waals surface area contributed by atoms with Gasteiger partial charge in [-0.2, -0.15) is 0 Å². The Morgan fingerprint density at radius 3 is 2.46 bits per heavy atom. The fourth-order valence-corrected chi connectivity index (χ4v) is 3.75. The minimum Gasteiger partial charge on any atom is -0.353 e. The lowest BCUT2D eigenvalue weighted by Gasteiger charge is -2.37. The zero-order chi connectivity index (χ0) is 19.1. The normalized spacial score (nSPS) is 18.0. The van der Waals surface area contributed by atoms with Gasteiger partial charge in [0, 0.05) is 32.2 Å². The third-order valence-electron chi connectivity index (χ3n) is 5.36. The summed E-state index contributed by atoms with van der Waals surface area (Å²) in [6.07, 6.45) is 2.14. The van der Waals surface area contributed by atoms with Crippen LogP contribution in [0.5, 0.6) is 0 Å². The predicted molar refractivity (Wildman–Crippen MR) is 105 cm³/mol. The SMILES string of the molecule is CCC(CC)N(CC)C(=O)CC1C(=O)NCCN1Cc1ccc(C)cc1. The number of carbonyl (C=O) groups excluding carboxylic acids is 2. The molecular formula is C21H33N3O2. The first-order chi connectivity index (χ1) is 12.5. The van der Waals surface area contributed by atoms with E-state index in [4.69, 9.17) is 0 Å². The number of piperazine rings is 1. The van der Waals surface area contributed by atoms with Crippen molar-refractivity contribution in [1.82, 2.24) is 15.1 Å². The Kier molecular flexibility index (Phi) is 7.64. The van der Waals surface area contributed by atoms with Crippen LogP contribution >= 0.6 is 0 Å². The molecule has 1 unspecified atom stereocenters. The number of benzene rings is 1. The summed E-state index contributed by atoms with van der Waals surface area (Å²) in [7, 11) is 0. The molecule has 1 heterocycles. The molecule has 0 spiro atoms. The van der Waals surface area contributed by atoms with Crippen LogP contribution in [-0.4, -0.2) is 53.3 Å². The number of amides is 2. The zero-order valence-electron chi connectivity index (χ0n) is 16.6. The smallest absolute Gasteiger partial charge is 0.237 e. The van der Waals surface area contributed by atoms with E-state index >= 15 is 0 Å². The highest BCUT2D eigenvalue weighted by Gasteiger charge is 2.33. The molecule has 0 radical (unpaired) electrons. The maximum absolute atomic E-state index is 12.9. The van der Waals surface area contributed by atoms with E-state index in [-0.39, 0.29) is 30.3 Å². The third-order valence-corrected chi connectivity index (χ3v) is 5.36. The van der Waals surface area contributed by atoms with Gasteiger partial charge in [0.1, 0.15) is 0 Å². The molecule has 144 valence electrons. The summed E-state index contributed by atoms with van der Waals surface area (Å²) in [4.78, 5) is 29.5.